The molecule has 0 amide bonds. The van der Waals surface area contributed by atoms with Crippen LogP contribution in [0, 0.1) is 5.82 Å². The molecule has 140 valence electrons. The zero-order valence-electron chi connectivity index (χ0n) is 15.2. The zero-order valence-corrected chi connectivity index (χ0v) is 16.0. The minimum Gasteiger partial charge on any atom is -0.490 e. The molecule has 4 nitrogen and oxygen atoms in total. The summed E-state index contributed by atoms with van der Waals surface area (Å²) >= 11 is 5.28. The highest BCUT2D eigenvalue weighted by atomic mass is 32.1. The fourth-order valence-corrected chi connectivity index (χ4v) is 2.59. The van der Waals surface area contributed by atoms with Crippen LogP contribution in [0.2, 0.25) is 0 Å². The highest BCUT2D eigenvalue weighted by Gasteiger charge is 2.06. The molecular weight excluding hydrogens is 351 g/mol. The Bertz CT molecular complexity index is 707. The van der Waals surface area contributed by atoms with Crippen LogP contribution < -0.4 is 20.1 Å². The Kier molecular flexibility index (Phi) is 8.15. The molecule has 0 aromatic heterocycles. The van der Waals surface area contributed by atoms with Crippen molar-refractivity contribution in [1.82, 2.24) is 10.6 Å². The molecule has 0 aliphatic heterocycles. The molecule has 0 spiro atoms. The van der Waals surface area contributed by atoms with Gasteiger partial charge in [0, 0.05) is 13.1 Å². The van der Waals surface area contributed by atoms with Gasteiger partial charge in [0.05, 0.1) is 13.2 Å². The molecule has 6 heteroatoms. The van der Waals surface area contributed by atoms with Crippen molar-refractivity contribution in [2.75, 3.05) is 19.8 Å². The van der Waals surface area contributed by atoms with Gasteiger partial charge >= 0.3 is 0 Å². The van der Waals surface area contributed by atoms with E-state index in [0.29, 0.717) is 31.4 Å². The predicted octanol–water partition coefficient (Wildman–Crippen LogP) is 3.83. The number of benzene rings is 2. The second-order valence-electron chi connectivity index (χ2n) is 5.63. The maximum Gasteiger partial charge on any atom is 0.166 e. The average molecular weight is 376 g/mol. The molecule has 0 radical (unpaired) electrons. The fourth-order valence-electron chi connectivity index (χ4n) is 2.42. The van der Waals surface area contributed by atoms with E-state index in [-0.39, 0.29) is 5.82 Å². The monoisotopic (exact) mass is 376 g/mol. The van der Waals surface area contributed by atoms with Crippen LogP contribution in [0.25, 0.3) is 0 Å². The number of halogens is 1. The van der Waals surface area contributed by atoms with Crippen LogP contribution >= 0.6 is 12.2 Å². The number of thiocarbonyl (C=S) groups is 1. The third-order valence-corrected chi connectivity index (χ3v) is 3.96. The molecule has 0 heterocycles. The van der Waals surface area contributed by atoms with Crippen LogP contribution in [-0.4, -0.2) is 24.9 Å². The number of nitrogens with one attached hydrogen (secondary N) is 2. The Labute approximate surface area is 159 Å². The Balaban J connectivity index is 1.78. The Morgan fingerprint density at radius 1 is 0.923 bits per heavy atom. The summed E-state index contributed by atoms with van der Waals surface area (Å²) in [5.41, 5.74) is 2.12. The van der Waals surface area contributed by atoms with Crippen molar-refractivity contribution in [1.29, 1.82) is 0 Å². The van der Waals surface area contributed by atoms with Gasteiger partial charge in [-0.15, -0.1) is 0 Å². The van der Waals surface area contributed by atoms with Gasteiger partial charge in [0.2, 0.25) is 0 Å². The molecule has 2 N–H and O–H groups in total. The van der Waals surface area contributed by atoms with E-state index >= 15 is 0 Å². The molecule has 2 rings (SSSR count). The molecule has 0 aliphatic rings. The first-order valence-electron chi connectivity index (χ1n) is 8.77. The molecule has 0 saturated carbocycles. The summed E-state index contributed by atoms with van der Waals surface area (Å²) in [6.07, 6.45) is 0.810. The summed E-state index contributed by atoms with van der Waals surface area (Å²) in [7, 11) is 0. The number of hydrogen-bond donors (Lipinski definition) is 2. The average Bonchev–Trinajstić information content (AvgIpc) is 2.64. The summed E-state index contributed by atoms with van der Waals surface area (Å²) in [5.74, 6) is 1.29. The number of hydrogen-bond acceptors (Lipinski definition) is 3. The van der Waals surface area contributed by atoms with Gasteiger partial charge in [-0.25, -0.2) is 4.39 Å². The minimum atomic E-state index is -0.240. The third kappa shape index (κ3) is 6.52. The van der Waals surface area contributed by atoms with Crippen LogP contribution in [-0.2, 0) is 13.0 Å². The molecule has 0 bridgehead atoms. The van der Waals surface area contributed by atoms with E-state index in [1.807, 2.05) is 32.0 Å². The summed E-state index contributed by atoms with van der Waals surface area (Å²) in [5, 5.41) is 6.87. The zero-order chi connectivity index (χ0) is 18.8. The number of ether oxygens (including phenoxy) is 2. The highest BCUT2D eigenvalue weighted by molar-refractivity contribution is 7.80. The lowest BCUT2D eigenvalue weighted by atomic mass is 10.1. The van der Waals surface area contributed by atoms with Gasteiger partial charge in [-0.1, -0.05) is 18.2 Å². The van der Waals surface area contributed by atoms with Gasteiger partial charge < -0.3 is 20.1 Å². The van der Waals surface area contributed by atoms with E-state index in [1.165, 1.54) is 12.1 Å². The summed E-state index contributed by atoms with van der Waals surface area (Å²) in [6.45, 7) is 6.37. The summed E-state index contributed by atoms with van der Waals surface area (Å²) in [4.78, 5) is 0. The first-order chi connectivity index (χ1) is 12.6. The molecule has 0 fully saturated rings. The van der Waals surface area contributed by atoms with E-state index in [4.69, 9.17) is 21.7 Å². The predicted molar refractivity (Wildman–Crippen MR) is 106 cm³/mol. The standard InChI is InChI=1S/C20H25FN2O2S/c1-3-24-18-10-7-15(13-19(18)25-4-2)11-12-22-20(26)23-14-16-5-8-17(21)9-6-16/h5-10,13H,3-4,11-12,14H2,1-2H3,(H2,22,23,26). The first kappa shape index (κ1) is 20.0. The van der Waals surface area contributed by atoms with E-state index in [9.17, 15) is 4.39 Å². The largest absolute Gasteiger partial charge is 0.490 e. The molecular formula is C20H25FN2O2S. The molecule has 2 aromatic carbocycles. The maximum atomic E-state index is 12.9. The van der Waals surface area contributed by atoms with Crippen LogP contribution in [0.5, 0.6) is 11.5 Å². The quantitative estimate of drug-likeness (QED) is 0.651. The molecule has 0 unspecified atom stereocenters. The van der Waals surface area contributed by atoms with Crippen molar-refractivity contribution >= 4 is 17.3 Å². The Morgan fingerprint density at radius 3 is 2.27 bits per heavy atom. The normalized spacial score (nSPS) is 10.3. The summed E-state index contributed by atoms with van der Waals surface area (Å²) < 4.78 is 24.1. The second-order valence-corrected chi connectivity index (χ2v) is 6.04. The van der Waals surface area contributed by atoms with Gasteiger partial charge in [-0.05, 0) is 67.9 Å². The van der Waals surface area contributed by atoms with E-state index in [2.05, 4.69) is 10.6 Å². The van der Waals surface area contributed by atoms with Crippen LogP contribution in [0.4, 0.5) is 4.39 Å². The minimum absolute atomic E-state index is 0.240. The van der Waals surface area contributed by atoms with Crippen molar-refractivity contribution < 1.29 is 13.9 Å². The van der Waals surface area contributed by atoms with E-state index < -0.39 is 0 Å². The van der Waals surface area contributed by atoms with Gasteiger partial charge in [0.15, 0.2) is 16.6 Å². The Hall–Kier alpha value is -2.34. The SMILES string of the molecule is CCOc1ccc(CCNC(=S)NCc2ccc(F)cc2)cc1OCC. The Morgan fingerprint density at radius 2 is 1.58 bits per heavy atom. The maximum absolute atomic E-state index is 12.9. The van der Waals surface area contributed by atoms with Gasteiger partial charge in [0.1, 0.15) is 5.82 Å². The van der Waals surface area contributed by atoms with Crippen molar-refractivity contribution in [2.24, 2.45) is 0 Å². The lowest BCUT2D eigenvalue weighted by Crippen LogP contribution is -2.35. The van der Waals surface area contributed by atoms with Gasteiger partial charge in [-0.2, -0.15) is 0 Å². The van der Waals surface area contributed by atoms with Crippen molar-refractivity contribution in [2.45, 2.75) is 26.8 Å². The van der Waals surface area contributed by atoms with Gasteiger partial charge in [-0.3, -0.25) is 0 Å². The van der Waals surface area contributed by atoms with E-state index in [0.717, 1.165) is 29.0 Å². The first-order valence-corrected chi connectivity index (χ1v) is 9.17. The van der Waals surface area contributed by atoms with Crippen LogP contribution in [0.15, 0.2) is 42.5 Å². The molecule has 2 aromatic rings. The van der Waals surface area contributed by atoms with Crippen LogP contribution in [0.3, 0.4) is 0 Å². The molecule has 0 saturated heterocycles. The van der Waals surface area contributed by atoms with Crippen molar-refractivity contribution in [3.8, 4) is 11.5 Å². The second kappa shape index (κ2) is 10.6. The topological polar surface area (TPSA) is 42.5 Å². The smallest absolute Gasteiger partial charge is 0.166 e. The van der Waals surface area contributed by atoms with Crippen LogP contribution in [0.1, 0.15) is 25.0 Å². The van der Waals surface area contributed by atoms with Crippen molar-refractivity contribution in [3.05, 3.63) is 59.4 Å². The molecule has 0 aliphatic carbocycles. The molecule has 26 heavy (non-hydrogen) atoms. The third-order valence-electron chi connectivity index (χ3n) is 3.67. The lowest BCUT2D eigenvalue weighted by Gasteiger charge is -2.13. The number of rotatable bonds is 9. The lowest BCUT2D eigenvalue weighted by molar-refractivity contribution is 0.287. The molecule has 0 atom stereocenters. The van der Waals surface area contributed by atoms with Crippen molar-refractivity contribution in [3.63, 3.8) is 0 Å². The fraction of sp³-hybridized carbons (Fsp3) is 0.350. The van der Waals surface area contributed by atoms with E-state index in [1.54, 1.807) is 12.1 Å². The summed E-state index contributed by atoms with van der Waals surface area (Å²) in [6, 6.07) is 12.3. The highest BCUT2D eigenvalue weighted by Crippen LogP contribution is 2.28. The van der Waals surface area contributed by atoms with Gasteiger partial charge in [0.25, 0.3) is 0 Å².